The standard InChI is InChI=1S/C16H13BrFN3/c17-10-2-6-15-14(8-10)20-16(21(15)11-3-4-11)9-1-5-13(19)12(18)7-9/h1-2,5-8,11H,3-4,19H2. The summed E-state index contributed by atoms with van der Waals surface area (Å²) in [5.74, 6) is 0.410. The zero-order valence-electron chi connectivity index (χ0n) is 11.2. The monoisotopic (exact) mass is 345 g/mol. The summed E-state index contributed by atoms with van der Waals surface area (Å²) in [6, 6.07) is 11.4. The molecule has 3 aromatic rings. The molecule has 3 nitrogen and oxygen atoms in total. The van der Waals surface area contributed by atoms with E-state index in [2.05, 4.69) is 26.6 Å². The van der Waals surface area contributed by atoms with Crippen LogP contribution in [0.3, 0.4) is 0 Å². The molecule has 1 saturated carbocycles. The minimum Gasteiger partial charge on any atom is -0.396 e. The number of nitrogen functional groups attached to an aromatic ring is 1. The Labute approximate surface area is 129 Å². The van der Waals surface area contributed by atoms with Gasteiger partial charge in [0.25, 0.3) is 0 Å². The lowest BCUT2D eigenvalue weighted by Crippen LogP contribution is -1.98. The van der Waals surface area contributed by atoms with Crippen molar-refractivity contribution in [1.29, 1.82) is 0 Å². The van der Waals surface area contributed by atoms with Gasteiger partial charge in [-0.3, -0.25) is 0 Å². The fourth-order valence-corrected chi connectivity index (χ4v) is 2.99. The normalized spacial score (nSPS) is 14.8. The van der Waals surface area contributed by atoms with Crippen molar-refractivity contribution >= 4 is 32.7 Å². The third-order valence-electron chi connectivity index (χ3n) is 3.82. The number of anilines is 1. The quantitative estimate of drug-likeness (QED) is 0.693. The number of halogens is 2. The molecule has 1 heterocycles. The van der Waals surface area contributed by atoms with Crippen molar-refractivity contribution in [1.82, 2.24) is 9.55 Å². The molecule has 106 valence electrons. The van der Waals surface area contributed by atoms with Gasteiger partial charge in [0.05, 0.1) is 16.7 Å². The number of benzene rings is 2. The second-order valence-corrected chi connectivity index (χ2v) is 6.32. The summed E-state index contributed by atoms with van der Waals surface area (Å²) in [7, 11) is 0. The zero-order valence-corrected chi connectivity index (χ0v) is 12.8. The Balaban J connectivity index is 1.98. The number of rotatable bonds is 2. The van der Waals surface area contributed by atoms with Gasteiger partial charge in [-0.2, -0.15) is 0 Å². The van der Waals surface area contributed by atoms with Crippen LogP contribution in [-0.2, 0) is 0 Å². The lowest BCUT2D eigenvalue weighted by molar-refractivity contribution is 0.632. The van der Waals surface area contributed by atoms with E-state index in [0.717, 1.165) is 39.7 Å². The molecule has 4 rings (SSSR count). The summed E-state index contributed by atoms with van der Waals surface area (Å²) in [5.41, 5.74) is 8.50. The molecule has 0 radical (unpaired) electrons. The maximum absolute atomic E-state index is 13.8. The molecule has 0 bridgehead atoms. The second-order valence-electron chi connectivity index (χ2n) is 5.41. The van der Waals surface area contributed by atoms with E-state index in [-0.39, 0.29) is 5.69 Å². The molecule has 1 aliphatic carbocycles. The van der Waals surface area contributed by atoms with E-state index < -0.39 is 5.82 Å². The molecular weight excluding hydrogens is 333 g/mol. The maximum atomic E-state index is 13.8. The summed E-state index contributed by atoms with van der Waals surface area (Å²) in [4.78, 5) is 4.70. The van der Waals surface area contributed by atoms with Gasteiger partial charge in [0.15, 0.2) is 0 Å². The number of hydrogen-bond donors (Lipinski definition) is 1. The number of hydrogen-bond acceptors (Lipinski definition) is 2. The van der Waals surface area contributed by atoms with Gasteiger partial charge in [-0.05, 0) is 49.2 Å². The van der Waals surface area contributed by atoms with Gasteiger partial charge in [-0.25, -0.2) is 9.37 Å². The number of nitrogens with two attached hydrogens (primary N) is 1. The topological polar surface area (TPSA) is 43.8 Å². The van der Waals surface area contributed by atoms with Gasteiger partial charge >= 0.3 is 0 Å². The van der Waals surface area contributed by atoms with Gasteiger partial charge in [0.1, 0.15) is 11.6 Å². The summed E-state index contributed by atoms with van der Waals surface area (Å²) < 4.78 is 17.0. The average Bonchev–Trinajstić information content (AvgIpc) is 3.22. The summed E-state index contributed by atoms with van der Waals surface area (Å²) in [6.45, 7) is 0. The lowest BCUT2D eigenvalue weighted by atomic mass is 10.2. The van der Waals surface area contributed by atoms with Crippen LogP contribution in [0.15, 0.2) is 40.9 Å². The average molecular weight is 346 g/mol. The molecule has 2 N–H and O–H groups in total. The minimum atomic E-state index is -0.400. The first-order valence-corrected chi connectivity index (χ1v) is 7.65. The third kappa shape index (κ3) is 2.12. The predicted molar refractivity (Wildman–Crippen MR) is 85.5 cm³/mol. The molecule has 1 aliphatic rings. The van der Waals surface area contributed by atoms with Gasteiger partial charge in [0.2, 0.25) is 0 Å². The van der Waals surface area contributed by atoms with Gasteiger partial charge in [-0.15, -0.1) is 0 Å². The van der Waals surface area contributed by atoms with Crippen molar-refractivity contribution in [3.05, 3.63) is 46.7 Å². The largest absolute Gasteiger partial charge is 0.396 e. The SMILES string of the molecule is Nc1ccc(-c2nc3cc(Br)ccc3n2C2CC2)cc1F. The van der Waals surface area contributed by atoms with Crippen LogP contribution in [0, 0.1) is 5.82 Å². The second kappa shape index (κ2) is 4.56. The Kier molecular flexibility index (Phi) is 2.79. The smallest absolute Gasteiger partial charge is 0.146 e. The number of fused-ring (bicyclic) bond motifs is 1. The first kappa shape index (κ1) is 12.8. The number of imidazole rings is 1. The van der Waals surface area contributed by atoms with Gasteiger partial charge in [-0.1, -0.05) is 15.9 Å². The Bertz CT molecular complexity index is 852. The molecule has 0 spiro atoms. The van der Waals surface area contributed by atoms with Crippen molar-refractivity contribution in [2.75, 3.05) is 5.73 Å². The van der Waals surface area contributed by atoms with Crippen molar-refractivity contribution in [2.45, 2.75) is 18.9 Å². The van der Waals surface area contributed by atoms with Crippen LogP contribution in [0.1, 0.15) is 18.9 Å². The first-order valence-electron chi connectivity index (χ1n) is 6.86. The highest BCUT2D eigenvalue weighted by Gasteiger charge is 2.28. The molecular formula is C16H13BrFN3. The fraction of sp³-hybridized carbons (Fsp3) is 0.188. The minimum absolute atomic E-state index is 0.163. The van der Waals surface area contributed by atoms with Crippen LogP contribution >= 0.6 is 15.9 Å². The van der Waals surface area contributed by atoms with Crippen LogP contribution < -0.4 is 5.73 Å². The third-order valence-corrected chi connectivity index (χ3v) is 4.32. The van der Waals surface area contributed by atoms with E-state index in [4.69, 9.17) is 10.7 Å². The highest BCUT2D eigenvalue weighted by molar-refractivity contribution is 9.10. The van der Waals surface area contributed by atoms with E-state index >= 15 is 0 Å². The molecule has 1 fully saturated rings. The molecule has 0 aliphatic heterocycles. The van der Waals surface area contributed by atoms with Crippen molar-refractivity contribution in [2.24, 2.45) is 0 Å². The van der Waals surface area contributed by atoms with Crippen molar-refractivity contribution in [3.63, 3.8) is 0 Å². The van der Waals surface area contributed by atoms with E-state index in [1.54, 1.807) is 6.07 Å². The molecule has 0 atom stereocenters. The van der Waals surface area contributed by atoms with Crippen LogP contribution in [0.5, 0.6) is 0 Å². The fourth-order valence-electron chi connectivity index (χ4n) is 2.64. The van der Waals surface area contributed by atoms with Crippen LogP contribution in [-0.4, -0.2) is 9.55 Å². The Hall–Kier alpha value is -1.88. The zero-order chi connectivity index (χ0) is 14.6. The molecule has 5 heteroatoms. The summed E-state index contributed by atoms with van der Waals surface area (Å²) >= 11 is 3.47. The Morgan fingerprint density at radius 2 is 2.00 bits per heavy atom. The van der Waals surface area contributed by atoms with Gasteiger partial charge < -0.3 is 10.3 Å². The Morgan fingerprint density at radius 1 is 1.19 bits per heavy atom. The number of aromatic nitrogens is 2. The molecule has 21 heavy (non-hydrogen) atoms. The molecule has 0 unspecified atom stereocenters. The first-order chi connectivity index (χ1) is 10.1. The van der Waals surface area contributed by atoms with E-state index in [1.165, 1.54) is 6.07 Å². The predicted octanol–water partition coefficient (Wildman–Crippen LogP) is 4.52. The van der Waals surface area contributed by atoms with Gasteiger partial charge in [0, 0.05) is 16.1 Å². The van der Waals surface area contributed by atoms with Crippen LogP contribution in [0.4, 0.5) is 10.1 Å². The molecule has 0 saturated heterocycles. The summed E-state index contributed by atoms with van der Waals surface area (Å²) in [5, 5.41) is 0. The highest BCUT2D eigenvalue weighted by atomic mass is 79.9. The van der Waals surface area contributed by atoms with Crippen molar-refractivity contribution in [3.8, 4) is 11.4 Å². The maximum Gasteiger partial charge on any atom is 0.146 e. The van der Waals surface area contributed by atoms with Crippen molar-refractivity contribution < 1.29 is 4.39 Å². The van der Waals surface area contributed by atoms with Crippen LogP contribution in [0.2, 0.25) is 0 Å². The van der Waals surface area contributed by atoms with E-state index in [1.807, 2.05) is 18.2 Å². The molecule has 0 amide bonds. The lowest BCUT2D eigenvalue weighted by Gasteiger charge is -2.08. The molecule has 1 aromatic heterocycles. The molecule has 2 aromatic carbocycles. The summed E-state index contributed by atoms with van der Waals surface area (Å²) in [6.07, 6.45) is 2.29. The number of nitrogens with zero attached hydrogens (tertiary/aromatic N) is 2. The van der Waals surface area contributed by atoms with E-state index in [9.17, 15) is 4.39 Å². The highest BCUT2D eigenvalue weighted by Crippen LogP contribution is 2.41. The Morgan fingerprint density at radius 3 is 2.71 bits per heavy atom. The van der Waals surface area contributed by atoms with Crippen LogP contribution in [0.25, 0.3) is 22.4 Å². The van der Waals surface area contributed by atoms with E-state index in [0.29, 0.717) is 6.04 Å².